The Hall–Kier alpha value is -2.24. The fraction of sp³-hybridized carbons (Fsp3) is 0.0833. The molecule has 0 spiro atoms. The quantitative estimate of drug-likeness (QED) is 0.824. The lowest BCUT2D eigenvalue weighted by molar-refractivity contribution is 0.449. The zero-order valence-corrected chi connectivity index (χ0v) is 9.47. The van der Waals surface area contributed by atoms with E-state index < -0.39 is 17.5 Å². The molecular weight excluding hydrogens is 243 g/mol. The number of benzene rings is 1. The zero-order valence-electron chi connectivity index (χ0n) is 9.47. The van der Waals surface area contributed by atoms with Crippen molar-refractivity contribution < 1.29 is 13.2 Å². The number of halogens is 3. The average Bonchev–Trinajstić information content (AvgIpc) is 2.40. The molecule has 0 aliphatic carbocycles. The van der Waals surface area contributed by atoms with Crippen molar-refractivity contribution in [3.8, 4) is 0 Å². The first kappa shape index (κ1) is 12.2. The Morgan fingerprint density at radius 3 is 2.44 bits per heavy atom. The molecular formula is C12H10F3N3. The second-order valence-electron chi connectivity index (χ2n) is 3.56. The molecule has 0 saturated heterocycles. The van der Waals surface area contributed by atoms with Crippen molar-refractivity contribution in [3.05, 3.63) is 48.0 Å². The summed E-state index contributed by atoms with van der Waals surface area (Å²) in [6.07, 6.45) is 3.02. The predicted octanol–water partition coefficient (Wildman–Crippen LogP) is 3.28. The van der Waals surface area contributed by atoms with Gasteiger partial charge in [-0.05, 0) is 18.2 Å². The van der Waals surface area contributed by atoms with E-state index in [4.69, 9.17) is 0 Å². The Kier molecular flexibility index (Phi) is 3.36. The van der Waals surface area contributed by atoms with Crippen molar-refractivity contribution in [1.82, 2.24) is 4.98 Å². The highest BCUT2D eigenvalue weighted by Gasteiger charge is 2.13. The lowest BCUT2D eigenvalue weighted by atomic mass is 10.2. The SMILES string of the molecule is CNc1cncc(Nc2ccc(F)c(F)c2F)c1. The highest BCUT2D eigenvalue weighted by atomic mass is 19.2. The van der Waals surface area contributed by atoms with Crippen molar-refractivity contribution in [1.29, 1.82) is 0 Å². The maximum Gasteiger partial charge on any atom is 0.196 e. The van der Waals surface area contributed by atoms with Gasteiger partial charge in [0, 0.05) is 7.05 Å². The fourth-order valence-corrected chi connectivity index (χ4v) is 1.42. The van der Waals surface area contributed by atoms with Crippen LogP contribution in [-0.4, -0.2) is 12.0 Å². The van der Waals surface area contributed by atoms with Gasteiger partial charge in [-0.15, -0.1) is 0 Å². The van der Waals surface area contributed by atoms with E-state index in [1.165, 1.54) is 6.20 Å². The highest BCUT2D eigenvalue weighted by molar-refractivity contribution is 5.63. The van der Waals surface area contributed by atoms with Crippen molar-refractivity contribution in [2.45, 2.75) is 0 Å². The first-order chi connectivity index (χ1) is 8.61. The Morgan fingerprint density at radius 1 is 1.00 bits per heavy atom. The number of nitrogens with one attached hydrogen (secondary N) is 2. The molecule has 1 aromatic heterocycles. The minimum Gasteiger partial charge on any atom is -0.387 e. The minimum absolute atomic E-state index is 0.149. The van der Waals surface area contributed by atoms with E-state index in [0.29, 0.717) is 11.4 Å². The maximum absolute atomic E-state index is 13.4. The van der Waals surface area contributed by atoms with E-state index in [2.05, 4.69) is 15.6 Å². The molecule has 0 aliphatic heterocycles. The number of hydrogen-bond donors (Lipinski definition) is 2. The molecule has 1 heterocycles. The minimum atomic E-state index is -1.50. The molecule has 0 amide bonds. The van der Waals surface area contributed by atoms with Crippen molar-refractivity contribution >= 4 is 17.1 Å². The molecule has 2 aromatic rings. The van der Waals surface area contributed by atoms with Crippen LogP contribution in [0.5, 0.6) is 0 Å². The van der Waals surface area contributed by atoms with Gasteiger partial charge in [0.25, 0.3) is 0 Å². The van der Waals surface area contributed by atoms with Gasteiger partial charge >= 0.3 is 0 Å². The lowest BCUT2D eigenvalue weighted by Crippen LogP contribution is -1.99. The monoisotopic (exact) mass is 253 g/mol. The van der Waals surface area contributed by atoms with Crippen LogP contribution in [0.15, 0.2) is 30.6 Å². The molecule has 3 nitrogen and oxygen atoms in total. The van der Waals surface area contributed by atoms with Crippen LogP contribution in [0, 0.1) is 17.5 Å². The molecule has 2 rings (SSSR count). The normalized spacial score (nSPS) is 10.2. The molecule has 94 valence electrons. The van der Waals surface area contributed by atoms with Gasteiger partial charge in [0.2, 0.25) is 0 Å². The molecule has 0 radical (unpaired) electrons. The summed E-state index contributed by atoms with van der Waals surface area (Å²) < 4.78 is 39.2. The van der Waals surface area contributed by atoms with Crippen LogP contribution in [0.25, 0.3) is 0 Å². The van der Waals surface area contributed by atoms with Crippen LogP contribution in [0.1, 0.15) is 0 Å². The number of nitrogens with zero attached hydrogens (tertiary/aromatic N) is 1. The van der Waals surface area contributed by atoms with Crippen molar-refractivity contribution in [2.75, 3.05) is 17.7 Å². The fourth-order valence-electron chi connectivity index (χ4n) is 1.42. The molecule has 0 aliphatic rings. The molecule has 6 heteroatoms. The Labute approximate surface area is 102 Å². The second kappa shape index (κ2) is 4.95. The first-order valence-electron chi connectivity index (χ1n) is 5.15. The summed E-state index contributed by atoms with van der Waals surface area (Å²) in [5, 5.41) is 5.49. The molecule has 0 fully saturated rings. The summed E-state index contributed by atoms with van der Waals surface area (Å²) in [5.74, 6) is -3.98. The van der Waals surface area contributed by atoms with Crippen LogP contribution in [0.3, 0.4) is 0 Å². The van der Waals surface area contributed by atoms with Gasteiger partial charge in [-0.1, -0.05) is 0 Å². The third-order valence-corrected chi connectivity index (χ3v) is 2.34. The van der Waals surface area contributed by atoms with Crippen molar-refractivity contribution in [2.24, 2.45) is 0 Å². The lowest BCUT2D eigenvalue weighted by Gasteiger charge is -2.09. The van der Waals surface area contributed by atoms with Crippen LogP contribution >= 0.6 is 0 Å². The number of pyridine rings is 1. The Morgan fingerprint density at radius 2 is 1.72 bits per heavy atom. The standard InChI is InChI=1S/C12H10F3N3/c1-16-7-4-8(6-17-5-7)18-10-3-2-9(13)11(14)12(10)15/h2-6,16,18H,1H3. The first-order valence-corrected chi connectivity index (χ1v) is 5.15. The summed E-state index contributed by atoms with van der Waals surface area (Å²) in [5.41, 5.74) is 1.03. The van der Waals surface area contributed by atoms with E-state index in [0.717, 1.165) is 12.1 Å². The highest BCUT2D eigenvalue weighted by Crippen LogP contribution is 2.24. The summed E-state index contributed by atoms with van der Waals surface area (Å²) in [4.78, 5) is 3.91. The molecule has 0 saturated carbocycles. The molecule has 0 bridgehead atoms. The van der Waals surface area contributed by atoms with Gasteiger partial charge in [-0.3, -0.25) is 4.98 Å². The largest absolute Gasteiger partial charge is 0.387 e. The number of rotatable bonds is 3. The van der Waals surface area contributed by atoms with Gasteiger partial charge in [-0.25, -0.2) is 13.2 Å². The molecule has 0 atom stereocenters. The number of hydrogen-bond acceptors (Lipinski definition) is 3. The van der Waals surface area contributed by atoms with Crippen LogP contribution in [0.4, 0.5) is 30.2 Å². The van der Waals surface area contributed by atoms with E-state index in [9.17, 15) is 13.2 Å². The molecule has 0 unspecified atom stereocenters. The summed E-state index contributed by atoms with van der Waals surface area (Å²) in [7, 11) is 1.71. The van der Waals surface area contributed by atoms with Crippen molar-refractivity contribution in [3.63, 3.8) is 0 Å². The van der Waals surface area contributed by atoms with E-state index in [1.807, 2.05) is 0 Å². The second-order valence-corrected chi connectivity index (χ2v) is 3.56. The average molecular weight is 253 g/mol. The predicted molar refractivity (Wildman–Crippen MR) is 63.4 cm³/mol. The molecule has 1 aromatic carbocycles. The topological polar surface area (TPSA) is 37.0 Å². The summed E-state index contributed by atoms with van der Waals surface area (Å²) in [6, 6.07) is 3.64. The third-order valence-electron chi connectivity index (χ3n) is 2.34. The summed E-state index contributed by atoms with van der Waals surface area (Å²) in [6.45, 7) is 0. The Bertz CT molecular complexity index is 572. The van der Waals surface area contributed by atoms with Gasteiger partial charge in [0.15, 0.2) is 17.5 Å². The van der Waals surface area contributed by atoms with Crippen LogP contribution in [0.2, 0.25) is 0 Å². The smallest absolute Gasteiger partial charge is 0.196 e. The van der Waals surface area contributed by atoms with Gasteiger partial charge in [0.05, 0.1) is 29.5 Å². The van der Waals surface area contributed by atoms with E-state index in [1.54, 1.807) is 19.3 Å². The van der Waals surface area contributed by atoms with Gasteiger partial charge in [0.1, 0.15) is 0 Å². The third kappa shape index (κ3) is 2.37. The van der Waals surface area contributed by atoms with E-state index >= 15 is 0 Å². The van der Waals surface area contributed by atoms with Gasteiger partial charge < -0.3 is 10.6 Å². The molecule has 18 heavy (non-hydrogen) atoms. The molecule has 2 N–H and O–H groups in total. The Balaban J connectivity index is 2.31. The number of anilines is 3. The van der Waals surface area contributed by atoms with E-state index in [-0.39, 0.29) is 5.69 Å². The van der Waals surface area contributed by atoms with Crippen LogP contribution < -0.4 is 10.6 Å². The number of aromatic nitrogens is 1. The maximum atomic E-state index is 13.4. The van der Waals surface area contributed by atoms with Crippen LogP contribution in [-0.2, 0) is 0 Å². The van der Waals surface area contributed by atoms with Gasteiger partial charge in [-0.2, -0.15) is 0 Å². The summed E-state index contributed by atoms with van der Waals surface area (Å²) >= 11 is 0. The zero-order chi connectivity index (χ0) is 13.1.